The minimum Gasteiger partial charge on any atom is -0.370 e. The maximum absolute atomic E-state index is 12.6. The van der Waals surface area contributed by atoms with E-state index in [4.69, 9.17) is 17.2 Å². The first kappa shape index (κ1) is 27.5. The molecular formula is C29H47N7O. The van der Waals surface area contributed by atoms with Gasteiger partial charge >= 0.3 is 0 Å². The predicted octanol–water partition coefficient (Wildman–Crippen LogP) is 3.49. The van der Waals surface area contributed by atoms with Gasteiger partial charge in [0.25, 0.3) is 0 Å². The monoisotopic (exact) mass is 509 g/mol. The number of benzene rings is 1. The molecule has 7 N–H and O–H groups in total. The van der Waals surface area contributed by atoms with E-state index in [0.29, 0.717) is 32.0 Å². The quantitative estimate of drug-likeness (QED) is 0.221. The van der Waals surface area contributed by atoms with Gasteiger partial charge in [0, 0.05) is 55.4 Å². The van der Waals surface area contributed by atoms with Crippen LogP contribution in [0, 0.1) is 11.8 Å². The molecule has 2 aromatic rings. The van der Waals surface area contributed by atoms with Crippen LogP contribution in [0.15, 0.2) is 35.5 Å². The van der Waals surface area contributed by atoms with Gasteiger partial charge in [0.1, 0.15) is 0 Å². The predicted molar refractivity (Wildman–Crippen MR) is 152 cm³/mol. The highest BCUT2D eigenvalue weighted by Gasteiger charge is 2.30. The Kier molecular flexibility index (Phi) is 9.49. The number of aliphatic imine (C=N–C) groups is 1. The van der Waals surface area contributed by atoms with Crippen molar-refractivity contribution in [2.45, 2.75) is 89.9 Å². The fraction of sp³-hybridized carbons (Fsp3) is 0.655. The molecule has 2 heterocycles. The van der Waals surface area contributed by atoms with Crippen LogP contribution in [-0.2, 0) is 11.3 Å². The summed E-state index contributed by atoms with van der Waals surface area (Å²) in [4.78, 5) is 19.3. The summed E-state index contributed by atoms with van der Waals surface area (Å²) in [5, 5.41) is 4.25. The highest BCUT2D eigenvalue weighted by Crippen LogP contribution is 2.35. The van der Waals surface area contributed by atoms with E-state index in [0.717, 1.165) is 23.4 Å². The maximum Gasteiger partial charge on any atom is 0.237 e. The van der Waals surface area contributed by atoms with Crippen molar-refractivity contribution in [2.75, 3.05) is 19.6 Å². The topological polar surface area (TPSA) is 128 Å². The molecule has 204 valence electrons. The number of nitrogens with zero attached hydrogens (tertiary/aromatic N) is 3. The van der Waals surface area contributed by atoms with E-state index >= 15 is 0 Å². The number of para-hydroxylation sites is 1. The number of carbonyl (C=O) groups excluding carboxylic acids is 1. The third-order valence-electron chi connectivity index (χ3n) is 8.67. The van der Waals surface area contributed by atoms with Gasteiger partial charge in [0.15, 0.2) is 5.96 Å². The summed E-state index contributed by atoms with van der Waals surface area (Å²) in [6.45, 7) is 8.07. The minimum atomic E-state index is -0.567. The SMILES string of the molecule is CC(C)C1CCC(N2CCC(n3cc(CNC(=O)C(N)CCCN=C(N)N)c4ccccc43)CC2)CC1. The van der Waals surface area contributed by atoms with Crippen molar-refractivity contribution in [2.24, 2.45) is 34.0 Å². The van der Waals surface area contributed by atoms with Gasteiger partial charge in [-0.05, 0) is 74.8 Å². The molecule has 1 amide bonds. The van der Waals surface area contributed by atoms with Crippen LogP contribution in [-0.4, -0.2) is 53.1 Å². The standard InChI is InChI=1S/C29H47N7O/c1-20(2)21-9-11-23(12-10-21)35-16-13-24(14-17-35)36-19-22(25-6-3-4-8-27(25)36)18-34-28(37)26(30)7-5-15-33-29(31)32/h3-4,6,8,19-21,23-24,26H,5,7,9-18,30H2,1-2H3,(H,34,37)(H4,31,32,33). The first-order valence-electron chi connectivity index (χ1n) is 14.2. The van der Waals surface area contributed by atoms with E-state index in [-0.39, 0.29) is 11.9 Å². The zero-order valence-corrected chi connectivity index (χ0v) is 22.7. The van der Waals surface area contributed by atoms with E-state index in [9.17, 15) is 4.79 Å². The third-order valence-corrected chi connectivity index (χ3v) is 8.67. The number of amides is 1. The second-order valence-electron chi connectivity index (χ2n) is 11.4. The van der Waals surface area contributed by atoms with Gasteiger partial charge in [0.2, 0.25) is 5.91 Å². The molecule has 0 bridgehead atoms. The average Bonchev–Trinajstić information content (AvgIpc) is 3.28. The average molecular weight is 510 g/mol. The molecule has 8 nitrogen and oxygen atoms in total. The highest BCUT2D eigenvalue weighted by molar-refractivity contribution is 5.86. The fourth-order valence-corrected chi connectivity index (χ4v) is 6.35. The van der Waals surface area contributed by atoms with Gasteiger partial charge in [0.05, 0.1) is 6.04 Å². The first-order valence-corrected chi connectivity index (χ1v) is 14.2. The Morgan fingerprint density at radius 2 is 1.76 bits per heavy atom. The van der Waals surface area contributed by atoms with Crippen molar-refractivity contribution in [1.29, 1.82) is 0 Å². The molecule has 0 spiro atoms. The maximum atomic E-state index is 12.6. The molecule has 1 saturated carbocycles. The first-order chi connectivity index (χ1) is 17.8. The summed E-state index contributed by atoms with van der Waals surface area (Å²) in [6, 6.07) is 9.24. The molecule has 2 fully saturated rings. The lowest BCUT2D eigenvalue weighted by atomic mass is 9.79. The number of aromatic nitrogens is 1. The number of piperidine rings is 1. The van der Waals surface area contributed by atoms with Gasteiger partial charge in [-0.1, -0.05) is 32.0 Å². The largest absolute Gasteiger partial charge is 0.370 e. The van der Waals surface area contributed by atoms with Crippen LogP contribution in [0.3, 0.4) is 0 Å². The van der Waals surface area contributed by atoms with Crippen molar-refractivity contribution >= 4 is 22.8 Å². The molecule has 1 aromatic carbocycles. The Bertz CT molecular complexity index is 1040. The lowest BCUT2D eigenvalue weighted by Crippen LogP contribution is -2.43. The summed E-state index contributed by atoms with van der Waals surface area (Å²) in [5.41, 5.74) is 19.2. The Hall–Kier alpha value is -2.58. The molecule has 1 aliphatic carbocycles. The van der Waals surface area contributed by atoms with E-state index in [2.05, 4.69) is 64.1 Å². The number of guanidine groups is 1. The van der Waals surface area contributed by atoms with Crippen molar-refractivity contribution in [3.05, 3.63) is 36.0 Å². The second-order valence-corrected chi connectivity index (χ2v) is 11.4. The molecule has 1 unspecified atom stereocenters. The minimum absolute atomic E-state index is 0.0638. The Balaban J connectivity index is 1.33. The summed E-state index contributed by atoms with van der Waals surface area (Å²) >= 11 is 0. The molecule has 4 rings (SSSR count). The van der Waals surface area contributed by atoms with Crippen LogP contribution in [0.4, 0.5) is 0 Å². The van der Waals surface area contributed by atoms with Crippen molar-refractivity contribution in [1.82, 2.24) is 14.8 Å². The summed E-state index contributed by atoms with van der Waals surface area (Å²) < 4.78 is 2.46. The van der Waals surface area contributed by atoms with Crippen LogP contribution in [0.2, 0.25) is 0 Å². The van der Waals surface area contributed by atoms with E-state index in [1.54, 1.807) is 0 Å². The highest BCUT2D eigenvalue weighted by atomic mass is 16.2. The molecule has 1 aromatic heterocycles. The third kappa shape index (κ3) is 7.05. The fourth-order valence-electron chi connectivity index (χ4n) is 6.35. The van der Waals surface area contributed by atoms with Gasteiger partial charge < -0.3 is 32.0 Å². The van der Waals surface area contributed by atoms with Crippen molar-refractivity contribution in [3.63, 3.8) is 0 Å². The van der Waals surface area contributed by atoms with Gasteiger partial charge in [-0.15, -0.1) is 0 Å². The number of nitrogens with one attached hydrogen (secondary N) is 1. The number of hydrogen-bond acceptors (Lipinski definition) is 4. The number of rotatable bonds is 10. The van der Waals surface area contributed by atoms with Crippen LogP contribution in [0.1, 0.15) is 76.8 Å². The number of hydrogen-bond donors (Lipinski definition) is 4. The van der Waals surface area contributed by atoms with Gasteiger partial charge in [-0.2, -0.15) is 0 Å². The zero-order valence-electron chi connectivity index (χ0n) is 22.7. The van der Waals surface area contributed by atoms with Crippen molar-refractivity contribution < 1.29 is 4.79 Å². The Labute approximate surface area is 222 Å². The summed E-state index contributed by atoms with van der Waals surface area (Å²) in [7, 11) is 0. The van der Waals surface area contributed by atoms with Gasteiger partial charge in [-0.3, -0.25) is 9.79 Å². The second kappa shape index (κ2) is 12.8. The zero-order chi connectivity index (χ0) is 26.4. The van der Waals surface area contributed by atoms with E-state index < -0.39 is 6.04 Å². The number of fused-ring (bicyclic) bond motifs is 1. The lowest BCUT2D eigenvalue weighted by molar-refractivity contribution is -0.122. The normalized spacial score (nSPS) is 22.3. The van der Waals surface area contributed by atoms with E-state index in [1.807, 2.05) is 0 Å². The molecule has 1 atom stereocenters. The molecule has 1 aliphatic heterocycles. The van der Waals surface area contributed by atoms with Crippen LogP contribution >= 0.6 is 0 Å². The Morgan fingerprint density at radius 1 is 1.05 bits per heavy atom. The molecule has 37 heavy (non-hydrogen) atoms. The molecule has 8 heteroatoms. The lowest BCUT2D eigenvalue weighted by Gasteiger charge is -2.42. The summed E-state index contributed by atoms with van der Waals surface area (Å²) in [5.74, 6) is 1.66. The van der Waals surface area contributed by atoms with Crippen LogP contribution in [0.5, 0.6) is 0 Å². The van der Waals surface area contributed by atoms with E-state index in [1.165, 1.54) is 62.5 Å². The summed E-state index contributed by atoms with van der Waals surface area (Å²) in [6.07, 6.45) is 11.3. The smallest absolute Gasteiger partial charge is 0.237 e. The molecular weight excluding hydrogens is 462 g/mol. The molecule has 0 radical (unpaired) electrons. The number of likely N-dealkylation sites (tertiary alicyclic amines) is 1. The van der Waals surface area contributed by atoms with Gasteiger partial charge in [-0.25, -0.2) is 0 Å². The van der Waals surface area contributed by atoms with Crippen molar-refractivity contribution in [3.8, 4) is 0 Å². The number of carbonyl (C=O) groups is 1. The van der Waals surface area contributed by atoms with Crippen LogP contribution in [0.25, 0.3) is 10.9 Å². The Morgan fingerprint density at radius 3 is 2.43 bits per heavy atom. The van der Waals surface area contributed by atoms with Crippen LogP contribution < -0.4 is 22.5 Å². The molecule has 2 aliphatic rings. The molecule has 1 saturated heterocycles. The number of nitrogens with two attached hydrogens (primary N) is 3.